The SMILES string of the molecule is NCCCN1CCCN(C(=O)CC2CC3CCC2C3)CC1. The van der Waals surface area contributed by atoms with Crippen molar-refractivity contribution in [2.24, 2.45) is 23.5 Å². The summed E-state index contributed by atoms with van der Waals surface area (Å²) in [5, 5.41) is 0. The molecule has 1 saturated heterocycles. The topological polar surface area (TPSA) is 49.6 Å². The molecule has 0 radical (unpaired) electrons. The van der Waals surface area contributed by atoms with E-state index in [1.54, 1.807) is 0 Å². The summed E-state index contributed by atoms with van der Waals surface area (Å²) in [4.78, 5) is 17.2. The van der Waals surface area contributed by atoms with Crippen LogP contribution in [0.5, 0.6) is 0 Å². The lowest BCUT2D eigenvalue weighted by atomic mass is 9.86. The molecule has 0 aromatic heterocycles. The van der Waals surface area contributed by atoms with Crippen LogP contribution < -0.4 is 5.73 Å². The van der Waals surface area contributed by atoms with Gasteiger partial charge in [0.1, 0.15) is 0 Å². The lowest BCUT2D eigenvalue weighted by Gasteiger charge is -2.26. The van der Waals surface area contributed by atoms with E-state index in [-0.39, 0.29) is 0 Å². The van der Waals surface area contributed by atoms with Gasteiger partial charge >= 0.3 is 0 Å². The first kappa shape index (κ1) is 15.3. The molecule has 0 spiro atoms. The minimum absolute atomic E-state index is 0.424. The second-order valence-corrected chi connectivity index (χ2v) is 7.36. The van der Waals surface area contributed by atoms with Crippen molar-refractivity contribution < 1.29 is 4.79 Å². The fraction of sp³-hybridized carbons (Fsp3) is 0.941. The Bertz CT molecular complexity index is 360. The minimum Gasteiger partial charge on any atom is -0.341 e. The zero-order valence-corrected chi connectivity index (χ0v) is 13.3. The molecule has 3 atom stereocenters. The Morgan fingerprint density at radius 1 is 1.10 bits per heavy atom. The standard InChI is InChI=1S/C17H31N3O/c18-5-1-6-19-7-2-8-20(10-9-19)17(21)13-16-12-14-3-4-15(16)11-14/h14-16H,1-13,18H2. The van der Waals surface area contributed by atoms with Crippen LogP contribution in [0.25, 0.3) is 0 Å². The van der Waals surface area contributed by atoms with Gasteiger partial charge in [0.05, 0.1) is 0 Å². The van der Waals surface area contributed by atoms with E-state index in [4.69, 9.17) is 5.73 Å². The van der Waals surface area contributed by atoms with Gasteiger partial charge in [-0.3, -0.25) is 4.79 Å². The smallest absolute Gasteiger partial charge is 0.222 e. The summed E-state index contributed by atoms with van der Waals surface area (Å²) in [5.41, 5.74) is 5.59. The Balaban J connectivity index is 1.44. The average molecular weight is 293 g/mol. The molecule has 3 rings (SSSR count). The fourth-order valence-electron chi connectivity index (χ4n) is 4.74. The quantitative estimate of drug-likeness (QED) is 0.839. The van der Waals surface area contributed by atoms with Gasteiger partial charge in [-0.1, -0.05) is 6.42 Å². The number of rotatable bonds is 5. The van der Waals surface area contributed by atoms with E-state index in [2.05, 4.69) is 9.80 Å². The first-order valence-corrected chi connectivity index (χ1v) is 8.96. The van der Waals surface area contributed by atoms with Crippen molar-refractivity contribution in [3.8, 4) is 0 Å². The lowest BCUT2D eigenvalue weighted by molar-refractivity contribution is -0.132. The third-order valence-corrected chi connectivity index (χ3v) is 5.94. The molecule has 1 amide bonds. The summed E-state index contributed by atoms with van der Waals surface area (Å²) < 4.78 is 0. The number of carbonyl (C=O) groups excluding carboxylic acids is 1. The molecule has 3 unspecified atom stereocenters. The van der Waals surface area contributed by atoms with E-state index >= 15 is 0 Å². The number of nitrogens with zero attached hydrogens (tertiary/aromatic N) is 2. The van der Waals surface area contributed by atoms with Gasteiger partial charge in [-0.2, -0.15) is 0 Å². The summed E-state index contributed by atoms with van der Waals surface area (Å²) in [7, 11) is 0. The van der Waals surface area contributed by atoms with Crippen LogP contribution in [-0.2, 0) is 4.79 Å². The number of hydrogen-bond acceptors (Lipinski definition) is 3. The number of nitrogens with two attached hydrogens (primary N) is 1. The maximum absolute atomic E-state index is 12.6. The Hall–Kier alpha value is -0.610. The van der Waals surface area contributed by atoms with E-state index in [1.165, 1.54) is 25.7 Å². The minimum atomic E-state index is 0.424. The molecule has 1 heterocycles. The molecule has 120 valence electrons. The van der Waals surface area contributed by atoms with Crippen LogP contribution in [0, 0.1) is 17.8 Å². The highest BCUT2D eigenvalue weighted by atomic mass is 16.2. The van der Waals surface area contributed by atoms with E-state index in [9.17, 15) is 4.79 Å². The Morgan fingerprint density at radius 2 is 2.00 bits per heavy atom. The van der Waals surface area contributed by atoms with Crippen LogP contribution in [0.3, 0.4) is 0 Å². The predicted molar refractivity (Wildman–Crippen MR) is 84.9 cm³/mol. The zero-order chi connectivity index (χ0) is 14.7. The normalized spacial score (nSPS) is 33.4. The summed E-state index contributed by atoms with van der Waals surface area (Å²) in [6, 6.07) is 0. The van der Waals surface area contributed by atoms with Gasteiger partial charge in [-0.25, -0.2) is 0 Å². The van der Waals surface area contributed by atoms with Crippen LogP contribution in [0.4, 0.5) is 0 Å². The Morgan fingerprint density at radius 3 is 2.71 bits per heavy atom. The van der Waals surface area contributed by atoms with Crippen molar-refractivity contribution in [2.75, 3.05) is 39.3 Å². The highest BCUT2D eigenvalue weighted by Crippen LogP contribution is 2.49. The second kappa shape index (κ2) is 7.10. The highest BCUT2D eigenvalue weighted by molar-refractivity contribution is 5.76. The number of fused-ring (bicyclic) bond motifs is 2. The van der Waals surface area contributed by atoms with Gasteiger partial charge in [0.15, 0.2) is 0 Å². The second-order valence-electron chi connectivity index (χ2n) is 7.36. The summed E-state index contributed by atoms with van der Waals surface area (Å²) in [6.07, 6.45) is 8.55. The molecule has 3 aliphatic rings. The number of hydrogen-bond donors (Lipinski definition) is 1. The van der Waals surface area contributed by atoms with Crippen LogP contribution in [0.2, 0.25) is 0 Å². The predicted octanol–water partition coefficient (Wildman–Crippen LogP) is 1.70. The highest BCUT2D eigenvalue weighted by Gasteiger charge is 2.40. The molecule has 0 aromatic carbocycles. The van der Waals surface area contributed by atoms with Crippen LogP contribution >= 0.6 is 0 Å². The molecular formula is C17H31N3O. The lowest BCUT2D eigenvalue weighted by Crippen LogP contribution is -2.37. The molecule has 21 heavy (non-hydrogen) atoms. The van der Waals surface area contributed by atoms with Crippen molar-refractivity contribution in [2.45, 2.75) is 44.9 Å². The Labute approximate surface area is 129 Å². The first-order chi connectivity index (χ1) is 10.3. The van der Waals surface area contributed by atoms with Gasteiger partial charge in [0.25, 0.3) is 0 Å². The van der Waals surface area contributed by atoms with Gasteiger partial charge in [0, 0.05) is 26.1 Å². The molecule has 2 saturated carbocycles. The number of carbonyl (C=O) groups is 1. The monoisotopic (exact) mass is 293 g/mol. The molecule has 2 aliphatic carbocycles. The van der Waals surface area contributed by atoms with Crippen LogP contribution in [-0.4, -0.2) is 55.0 Å². The van der Waals surface area contributed by atoms with Gasteiger partial charge in [0.2, 0.25) is 5.91 Å². The summed E-state index contributed by atoms with van der Waals surface area (Å²) >= 11 is 0. The van der Waals surface area contributed by atoms with Crippen LogP contribution in [0.1, 0.15) is 44.9 Å². The van der Waals surface area contributed by atoms with Crippen molar-refractivity contribution >= 4 is 5.91 Å². The number of amides is 1. The van der Waals surface area contributed by atoms with Crippen molar-refractivity contribution in [1.82, 2.24) is 9.80 Å². The fourth-order valence-corrected chi connectivity index (χ4v) is 4.74. The first-order valence-electron chi connectivity index (χ1n) is 8.96. The van der Waals surface area contributed by atoms with E-state index in [0.717, 1.165) is 70.4 Å². The third-order valence-electron chi connectivity index (χ3n) is 5.94. The van der Waals surface area contributed by atoms with Gasteiger partial charge in [-0.05, 0) is 69.5 Å². The van der Waals surface area contributed by atoms with Crippen molar-refractivity contribution in [3.05, 3.63) is 0 Å². The largest absolute Gasteiger partial charge is 0.341 e. The molecular weight excluding hydrogens is 262 g/mol. The van der Waals surface area contributed by atoms with E-state index < -0.39 is 0 Å². The van der Waals surface area contributed by atoms with Crippen molar-refractivity contribution in [1.29, 1.82) is 0 Å². The molecule has 2 bridgehead atoms. The molecule has 2 N–H and O–H groups in total. The zero-order valence-electron chi connectivity index (χ0n) is 13.3. The molecule has 1 aliphatic heterocycles. The molecule has 3 fully saturated rings. The summed E-state index contributed by atoms with van der Waals surface area (Å²) in [5.74, 6) is 2.94. The maximum Gasteiger partial charge on any atom is 0.222 e. The van der Waals surface area contributed by atoms with Gasteiger partial charge in [-0.15, -0.1) is 0 Å². The average Bonchev–Trinajstić information content (AvgIpc) is 3.01. The maximum atomic E-state index is 12.6. The van der Waals surface area contributed by atoms with E-state index in [0.29, 0.717) is 11.8 Å². The van der Waals surface area contributed by atoms with E-state index in [1.807, 2.05) is 0 Å². The van der Waals surface area contributed by atoms with Crippen molar-refractivity contribution in [3.63, 3.8) is 0 Å². The van der Waals surface area contributed by atoms with Crippen LogP contribution in [0.15, 0.2) is 0 Å². The molecule has 0 aromatic rings. The van der Waals surface area contributed by atoms with Gasteiger partial charge < -0.3 is 15.5 Å². The molecule has 4 heteroatoms. The Kier molecular flexibility index (Phi) is 5.17. The summed E-state index contributed by atoms with van der Waals surface area (Å²) in [6.45, 7) is 5.89. The third kappa shape index (κ3) is 3.78. The molecule has 4 nitrogen and oxygen atoms in total.